The Kier molecular flexibility index (Phi) is 5.56. The average Bonchev–Trinajstić information content (AvgIpc) is 1.97. The molecule has 11 heavy (non-hydrogen) atoms. The van der Waals surface area contributed by atoms with Crippen molar-refractivity contribution in [3.63, 3.8) is 0 Å². The summed E-state index contributed by atoms with van der Waals surface area (Å²) in [6, 6.07) is 0. The molecule has 0 bridgehead atoms. The van der Waals surface area contributed by atoms with Crippen LogP contribution in [-0.2, 0) is 4.74 Å². The van der Waals surface area contributed by atoms with Gasteiger partial charge in [-0.05, 0) is 13.8 Å². The highest BCUT2D eigenvalue weighted by Gasteiger charge is 1.92. The van der Waals surface area contributed by atoms with Gasteiger partial charge in [-0.15, -0.1) is 0 Å². The first kappa shape index (κ1) is 10.2. The Labute approximate surface area is 67.8 Å². The van der Waals surface area contributed by atoms with Crippen LogP contribution in [-0.4, -0.2) is 32.3 Å². The Hall–Kier alpha value is -0.770. The normalized spacial score (nSPS) is 12.2. The van der Waals surface area contributed by atoms with Gasteiger partial charge in [-0.25, -0.2) is 0 Å². The van der Waals surface area contributed by atoms with E-state index in [1.807, 2.05) is 13.8 Å². The van der Waals surface area contributed by atoms with E-state index in [0.29, 0.717) is 19.1 Å². The first-order chi connectivity index (χ1) is 5.16. The van der Waals surface area contributed by atoms with Crippen molar-refractivity contribution in [2.75, 3.05) is 20.2 Å². The molecular formula is C7H17N3O. The van der Waals surface area contributed by atoms with Crippen molar-refractivity contribution in [3.8, 4) is 0 Å². The van der Waals surface area contributed by atoms with Crippen LogP contribution in [0.4, 0.5) is 0 Å². The van der Waals surface area contributed by atoms with Gasteiger partial charge in [0.1, 0.15) is 0 Å². The minimum Gasteiger partial charge on any atom is -0.377 e. The highest BCUT2D eigenvalue weighted by Crippen LogP contribution is 1.84. The predicted molar refractivity (Wildman–Crippen MR) is 46.6 cm³/mol. The maximum Gasteiger partial charge on any atom is 0.188 e. The number of hydrogen-bond donors (Lipinski definition) is 2. The van der Waals surface area contributed by atoms with Gasteiger partial charge in [0, 0.05) is 13.6 Å². The fourth-order valence-electron chi connectivity index (χ4n) is 0.553. The van der Waals surface area contributed by atoms with Crippen molar-refractivity contribution in [3.05, 3.63) is 0 Å². The zero-order valence-electron chi connectivity index (χ0n) is 7.42. The van der Waals surface area contributed by atoms with E-state index in [4.69, 9.17) is 10.5 Å². The molecule has 0 aromatic heterocycles. The van der Waals surface area contributed by atoms with E-state index in [-0.39, 0.29) is 6.10 Å². The molecule has 0 saturated carbocycles. The molecule has 0 amide bonds. The van der Waals surface area contributed by atoms with Crippen molar-refractivity contribution in [2.24, 2.45) is 10.7 Å². The van der Waals surface area contributed by atoms with E-state index in [9.17, 15) is 0 Å². The van der Waals surface area contributed by atoms with Crippen LogP contribution in [0.2, 0.25) is 0 Å². The van der Waals surface area contributed by atoms with Crippen LogP contribution in [0, 0.1) is 0 Å². The Bertz CT molecular complexity index is 123. The van der Waals surface area contributed by atoms with Gasteiger partial charge in [0.15, 0.2) is 5.96 Å². The average molecular weight is 159 g/mol. The van der Waals surface area contributed by atoms with Crippen LogP contribution < -0.4 is 11.1 Å². The van der Waals surface area contributed by atoms with Crippen LogP contribution >= 0.6 is 0 Å². The zero-order valence-corrected chi connectivity index (χ0v) is 7.42. The molecule has 0 heterocycles. The summed E-state index contributed by atoms with van der Waals surface area (Å²) < 4.78 is 5.26. The Morgan fingerprint density at radius 1 is 1.64 bits per heavy atom. The second-order valence-electron chi connectivity index (χ2n) is 2.46. The van der Waals surface area contributed by atoms with Crippen molar-refractivity contribution in [1.29, 1.82) is 0 Å². The maximum absolute atomic E-state index is 5.37. The fraction of sp³-hybridized carbons (Fsp3) is 0.857. The molecule has 0 aliphatic heterocycles. The summed E-state index contributed by atoms with van der Waals surface area (Å²) in [6.07, 6.45) is 0.275. The molecule has 0 aliphatic rings. The van der Waals surface area contributed by atoms with Gasteiger partial charge in [-0.2, -0.15) is 0 Å². The molecule has 0 aliphatic carbocycles. The monoisotopic (exact) mass is 159 g/mol. The summed E-state index contributed by atoms with van der Waals surface area (Å²) in [6.45, 7) is 5.36. The SMILES string of the molecule is CN=C(N)NCCOC(C)C. The van der Waals surface area contributed by atoms with Crippen LogP contribution in [0.15, 0.2) is 4.99 Å². The molecule has 0 fully saturated rings. The molecule has 0 rings (SSSR count). The lowest BCUT2D eigenvalue weighted by molar-refractivity contribution is 0.0830. The molecule has 66 valence electrons. The van der Waals surface area contributed by atoms with E-state index in [0.717, 1.165) is 0 Å². The van der Waals surface area contributed by atoms with Gasteiger partial charge in [-0.3, -0.25) is 4.99 Å². The number of rotatable bonds is 4. The summed E-state index contributed by atoms with van der Waals surface area (Å²) in [5, 5.41) is 2.89. The predicted octanol–water partition coefficient (Wildman–Crippen LogP) is -0.0545. The number of ether oxygens (including phenoxy) is 1. The van der Waals surface area contributed by atoms with E-state index < -0.39 is 0 Å². The van der Waals surface area contributed by atoms with Crippen molar-refractivity contribution in [1.82, 2.24) is 5.32 Å². The fourth-order valence-corrected chi connectivity index (χ4v) is 0.553. The Morgan fingerprint density at radius 2 is 2.27 bits per heavy atom. The topological polar surface area (TPSA) is 59.6 Å². The first-order valence-electron chi connectivity index (χ1n) is 3.74. The largest absolute Gasteiger partial charge is 0.377 e. The summed E-state index contributed by atoms with van der Waals surface area (Å²) in [5.74, 6) is 0.456. The summed E-state index contributed by atoms with van der Waals surface area (Å²) in [7, 11) is 1.64. The third-order valence-electron chi connectivity index (χ3n) is 1.10. The van der Waals surface area contributed by atoms with Crippen molar-refractivity contribution >= 4 is 5.96 Å². The van der Waals surface area contributed by atoms with Gasteiger partial charge in [0.05, 0.1) is 12.7 Å². The second kappa shape index (κ2) is 5.97. The highest BCUT2D eigenvalue weighted by atomic mass is 16.5. The van der Waals surface area contributed by atoms with Crippen LogP contribution in [0.5, 0.6) is 0 Å². The molecule has 4 heteroatoms. The number of nitrogens with zero attached hydrogens (tertiary/aromatic N) is 1. The standard InChI is InChI=1S/C7H17N3O/c1-6(2)11-5-4-10-7(8)9-3/h6H,4-5H2,1-3H3,(H3,8,9,10). The number of hydrogen-bond acceptors (Lipinski definition) is 2. The van der Waals surface area contributed by atoms with E-state index in [1.54, 1.807) is 7.05 Å². The van der Waals surface area contributed by atoms with E-state index in [2.05, 4.69) is 10.3 Å². The molecule has 0 saturated heterocycles. The van der Waals surface area contributed by atoms with E-state index in [1.165, 1.54) is 0 Å². The van der Waals surface area contributed by atoms with Gasteiger partial charge in [-0.1, -0.05) is 0 Å². The summed E-state index contributed by atoms with van der Waals surface area (Å²) >= 11 is 0. The van der Waals surface area contributed by atoms with Gasteiger partial charge < -0.3 is 15.8 Å². The second-order valence-corrected chi connectivity index (χ2v) is 2.46. The molecule has 3 N–H and O–H groups in total. The van der Waals surface area contributed by atoms with Gasteiger partial charge in [0.25, 0.3) is 0 Å². The highest BCUT2D eigenvalue weighted by molar-refractivity contribution is 5.77. The third kappa shape index (κ3) is 7.12. The zero-order chi connectivity index (χ0) is 8.69. The van der Waals surface area contributed by atoms with Crippen molar-refractivity contribution in [2.45, 2.75) is 20.0 Å². The molecule has 0 spiro atoms. The number of nitrogens with two attached hydrogens (primary N) is 1. The molecule has 0 radical (unpaired) electrons. The molecule has 0 aromatic carbocycles. The maximum atomic E-state index is 5.37. The van der Waals surface area contributed by atoms with Gasteiger partial charge in [0.2, 0.25) is 0 Å². The molecule has 0 aromatic rings. The van der Waals surface area contributed by atoms with Crippen LogP contribution in [0.3, 0.4) is 0 Å². The lowest BCUT2D eigenvalue weighted by atomic mass is 10.5. The number of aliphatic imine (C=N–C) groups is 1. The quantitative estimate of drug-likeness (QED) is 0.343. The van der Waals surface area contributed by atoms with Crippen LogP contribution in [0.1, 0.15) is 13.8 Å². The van der Waals surface area contributed by atoms with Crippen LogP contribution in [0.25, 0.3) is 0 Å². The molecule has 4 nitrogen and oxygen atoms in total. The van der Waals surface area contributed by atoms with Crippen molar-refractivity contribution < 1.29 is 4.74 Å². The summed E-state index contributed by atoms with van der Waals surface area (Å²) in [5.41, 5.74) is 5.37. The lowest BCUT2D eigenvalue weighted by Gasteiger charge is -2.08. The Morgan fingerprint density at radius 3 is 2.73 bits per heavy atom. The minimum atomic E-state index is 0.275. The first-order valence-corrected chi connectivity index (χ1v) is 3.74. The molecule has 0 unspecified atom stereocenters. The van der Waals surface area contributed by atoms with Gasteiger partial charge >= 0.3 is 0 Å². The lowest BCUT2D eigenvalue weighted by Crippen LogP contribution is -2.34. The Balaban J connectivity index is 3.15. The number of nitrogens with one attached hydrogen (secondary N) is 1. The minimum absolute atomic E-state index is 0.275. The smallest absolute Gasteiger partial charge is 0.188 e. The van der Waals surface area contributed by atoms with E-state index >= 15 is 0 Å². The summed E-state index contributed by atoms with van der Waals surface area (Å²) in [4.78, 5) is 3.73. The third-order valence-corrected chi connectivity index (χ3v) is 1.10. The molecule has 0 atom stereocenters. The number of guanidine groups is 1. The molecular weight excluding hydrogens is 142 g/mol.